The summed E-state index contributed by atoms with van der Waals surface area (Å²) in [6, 6.07) is 0.466. The third-order valence-corrected chi connectivity index (χ3v) is 5.11. The number of nitrogens with one attached hydrogen (secondary N) is 1. The van der Waals surface area contributed by atoms with Crippen molar-refractivity contribution in [2.75, 3.05) is 24.6 Å². The fraction of sp³-hybridized carbons (Fsp3) is 0.812. The van der Waals surface area contributed by atoms with Gasteiger partial charge in [-0.05, 0) is 26.3 Å². The van der Waals surface area contributed by atoms with E-state index in [1.54, 1.807) is 0 Å². The van der Waals surface area contributed by atoms with Crippen LogP contribution in [0.5, 0.6) is 0 Å². The van der Waals surface area contributed by atoms with Crippen LogP contribution in [0.2, 0.25) is 0 Å². The number of hydrogen-bond donors (Lipinski definition) is 1. The molecule has 1 aromatic heterocycles. The molecule has 0 spiro atoms. The first-order chi connectivity index (χ1) is 10.2. The van der Waals surface area contributed by atoms with Crippen molar-refractivity contribution in [3.63, 3.8) is 0 Å². The molecule has 0 radical (unpaired) electrons. The van der Waals surface area contributed by atoms with Crippen LogP contribution in [0.3, 0.4) is 0 Å². The first-order valence-electron chi connectivity index (χ1n) is 8.27. The number of thiazole rings is 1. The molecule has 2 atom stereocenters. The van der Waals surface area contributed by atoms with Gasteiger partial charge in [-0.2, -0.15) is 0 Å². The third-order valence-electron chi connectivity index (χ3n) is 3.97. The van der Waals surface area contributed by atoms with Gasteiger partial charge in [0.15, 0.2) is 5.13 Å². The molecule has 0 saturated carbocycles. The van der Waals surface area contributed by atoms with Gasteiger partial charge in [-0.15, -0.1) is 11.3 Å². The maximum Gasteiger partial charge on any atom is 0.186 e. The van der Waals surface area contributed by atoms with Crippen LogP contribution in [0, 0.1) is 0 Å². The summed E-state index contributed by atoms with van der Waals surface area (Å²) in [5.41, 5.74) is 1.28. The fourth-order valence-corrected chi connectivity index (χ4v) is 3.87. The highest BCUT2D eigenvalue weighted by atomic mass is 32.1. The Balaban J connectivity index is 2.20. The smallest absolute Gasteiger partial charge is 0.186 e. The topological polar surface area (TPSA) is 37.4 Å². The number of ether oxygens (including phenoxy) is 1. The van der Waals surface area contributed by atoms with Gasteiger partial charge in [0.25, 0.3) is 0 Å². The van der Waals surface area contributed by atoms with Gasteiger partial charge < -0.3 is 15.0 Å². The molecule has 1 aliphatic rings. The van der Waals surface area contributed by atoms with E-state index in [1.165, 1.54) is 15.7 Å². The Morgan fingerprint density at radius 3 is 2.86 bits per heavy atom. The number of anilines is 1. The van der Waals surface area contributed by atoms with Crippen molar-refractivity contribution < 1.29 is 4.74 Å². The maximum atomic E-state index is 5.81. The number of aryl methyl sites for hydroxylation is 1. The van der Waals surface area contributed by atoms with Gasteiger partial charge in [-0.1, -0.05) is 27.2 Å². The highest BCUT2D eigenvalue weighted by Gasteiger charge is 2.28. The first-order valence-corrected chi connectivity index (χ1v) is 9.08. The molecule has 1 N–H and O–H groups in total. The molecule has 4 nitrogen and oxygen atoms in total. The molecule has 0 aromatic carbocycles. The van der Waals surface area contributed by atoms with Crippen molar-refractivity contribution in [3.05, 3.63) is 10.6 Å². The largest absolute Gasteiger partial charge is 0.375 e. The van der Waals surface area contributed by atoms with Crippen LogP contribution < -0.4 is 10.2 Å². The number of morpholine rings is 1. The predicted molar refractivity (Wildman–Crippen MR) is 90.3 cm³/mol. The van der Waals surface area contributed by atoms with Gasteiger partial charge in [-0.25, -0.2) is 4.98 Å². The van der Waals surface area contributed by atoms with Crippen LogP contribution in [0.1, 0.15) is 51.1 Å². The molecular formula is C16H29N3OS. The summed E-state index contributed by atoms with van der Waals surface area (Å²) < 4.78 is 5.81. The van der Waals surface area contributed by atoms with Crippen molar-refractivity contribution in [2.45, 2.75) is 65.6 Å². The Morgan fingerprint density at radius 1 is 1.38 bits per heavy atom. The second-order valence-corrected chi connectivity index (χ2v) is 6.82. The van der Waals surface area contributed by atoms with E-state index in [2.05, 4.69) is 37.9 Å². The zero-order chi connectivity index (χ0) is 15.2. The summed E-state index contributed by atoms with van der Waals surface area (Å²) in [5, 5.41) is 4.63. The molecule has 1 fully saturated rings. The SMILES string of the molecule is CCCc1nc(N2CC(C)OCC2CC)sc1CNCC. The predicted octanol–water partition coefficient (Wildman–Crippen LogP) is 3.21. The summed E-state index contributed by atoms with van der Waals surface area (Å²) in [6.07, 6.45) is 3.63. The Labute approximate surface area is 132 Å². The minimum absolute atomic E-state index is 0.295. The van der Waals surface area contributed by atoms with E-state index in [4.69, 9.17) is 9.72 Å². The average molecular weight is 311 g/mol. The zero-order valence-corrected chi connectivity index (χ0v) is 14.6. The van der Waals surface area contributed by atoms with Crippen LogP contribution in [0.25, 0.3) is 0 Å². The number of hydrogen-bond acceptors (Lipinski definition) is 5. The van der Waals surface area contributed by atoms with E-state index >= 15 is 0 Å². The second-order valence-electron chi connectivity index (χ2n) is 5.76. The molecule has 2 heterocycles. The standard InChI is InChI=1S/C16H29N3OS/c1-5-8-14-15(9-17-7-3)21-16(18-14)19-10-12(4)20-11-13(19)6-2/h12-13,17H,5-11H2,1-4H3. The van der Waals surface area contributed by atoms with E-state index in [0.717, 1.165) is 45.5 Å². The molecule has 0 bridgehead atoms. The van der Waals surface area contributed by atoms with Crippen molar-refractivity contribution in [1.29, 1.82) is 0 Å². The van der Waals surface area contributed by atoms with Crippen molar-refractivity contribution in [1.82, 2.24) is 10.3 Å². The van der Waals surface area contributed by atoms with Crippen molar-refractivity contribution in [3.8, 4) is 0 Å². The number of rotatable bonds is 7. The van der Waals surface area contributed by atoms with E-state index in [-0.39, 0.29) is 0 Å². The summed E-state index contributed by atoms with van der Waals surface area (Å²) in [6.45, 7) is 12.5. The number of nitrogens with zero attached hydrogens (tertiary/aromatic N) is 2. The lowest BCUT2D eigenvalue weighted by Gasteiger charge is -2.38. The summed E-state index contributed by atoms with van der Waals surface area (Å²) in [5.74, 6) is 0. The molecule has 5 heteroatoms. The first kappa shape index (κ1) is 16.7. The summed E-state index contributed by atoms with van der Waals surface area (Å²) in [4.78, 5) is 8.83. The van der Waals surface area contributed by atoms with Gasteiger partial charge in [0.2, 0.25) is 0 Å². The van der Waals surface area contributed by atoms with Crippen LogP contribution in [-0.2, 0) is 17.7 Å². The molecule has 0 amide bonds. The summed E-state index contributed by atoms with van der Waals surface area (Å²) >= 11 is 1.86. The monoisotopic (exact) mass is 311 g/mol. The highest BCUT2D eigenvalue weighted by molar-refractivity contribution is 7.15. The van der Waals surface area contributed by atoms with Crippen LogP contribution in [-0.4, -0.2) is 36.8 Å². The molecule has 2 rings (SSSR count). The quantitative estimate of drug-likeness (QED) is 0.839. The molecular weight excluding hydrogens is 282 g/mol. The zero-order valence-electron chi connectivity index (χ0n) is 13.8. The normalized spacial score (nSPS) is 22.8. The lowest BCUT2D eigenvalue weighted by Crippen LogP contribution is -2.48. The van der Waals surface area contributed by atoms with Gasteiger partial charge in [-0.3, -0.25) is 0 Å². The number of aromatic nitrogens is 1. The summed E-state index contributed by atoms with van der Waals surface area (Å²) in [7, 11) is 0. The Hall–Kier alpha value is -0.650. The van der Waals surface area contributed by atoms with Crippen LogP contribution in [0.15, 0.2) is 0 Å². The van der Waals surface area contributed by atoms with E-state index in [0.29, 0.717) is 12.1 Å². The minimum atomic E-state index is 0.295. The van der Waals surface area contributed by atoms with Gasteiger partial charge in [0, 0.05) is 18.0 Å². The minimum Gasteiger partial charge on any atom is -0.375 e. The Kier molecular flexibility index (Phi) is 6.45. The van der Waals surface area contributed by atoms with E-state index in [9.17, 15) is 0 Å². The van der Waals surface area contributed by atoms with E-state index in [1.807, 2.05) is 11.3 Å². The Bertz CT molecular complexity index is 435. The lowest BCUT2D eigenvalue weighted by molar-refractivity contribution is 0.0299. The molecule has 120 valence electrons. The molecule has 1 aromatic rings. The molecule has 1 aliphatic heterocycles. The van der Waals surface area contributed by atoms with Crippen LogP contribution in [0.4, 0.5) is 5.13 Å². The molecule has 21 heavy (non-hydrogen) atoms. The second kappa shape index (κ2) is 8.11. The fourth-order valence-electron chi connectivity index (χ4n) is 2.72. The van der Waals surface area contributed by atoms with E-state index < -0.39 is 0 Å². The molecule has 0 aliphatic carbocycles. The van der Waals surface area contributed by atoms with Crippen LogP contribution >= 0.6 is 11.3 Å². The molecule has 1 saturated heterocycles. The van der Waals surface area contributed by atoms with Gasteiger partial charge in [0.05, 0.1) is 24.4 Å². The van der Waals surface area contributed by atoms with Crippen molar-refractivity contribution >= 4 is 16.5 Å². The maximum absolute atomic E-state index is 5.81. The third kappa shape index (κ3) is 4.18. The average Bonchev–Trinajstić information content (AvgIpc) is 2.88. The molecule has 2 unspecified atom stereocenters. The highest BCUT2D eigenvalue weighted by Crippen LogP contribution is 2.31. The van der Waals surface area contributed by atoms with Gasteiger partial charge in [0.1, 0.15) is 0 Å². The lowest BCUT2D eigenvalue weighted by atomic mass is 10.1. The Morgan fingerprint density at radius 2 is 2.19 bits per heavy atom. The van der Waals surface area contributed by atoms with Gasteiger partial charge >= 0.3 is 0 Å². The van der Waals surface area contributed by atoms with Crippen molar-refractivity contribution in [2.24, 2.45) is 0 Å².